The Bertz CT molecular complexity index is 200. The summed E-state index contributed by atoms with van der Waals surface area (Å²) in [6, 6.07) is 0. The van der Waals surface area contributed by atoms with Gasteiger partial charge >= 0.3 is 0 Å². The molecule has 0 saturated carbocycles. The first-order valence-electron chi connectivity index (χ1n) is 5.41. The Morgan fingerprint density at radius 2 is 1.93 bits per heavy atom. The Labute approximate surface area is 93.5 Å². The molecule has 0 saturated heterocycles. The molecule has 0 radical (unpaired) electrons. The van der Waals surface area contributed by atoms with Crippen LogP contribution in [-0.4, -0.2) is 38.8 Å². The summed E-state index contributed by atoms with van der Waals surface area (Å²) in [6.07, 6.45) is 0. The summed E-state index contributed by atoms with van der Waals surface area (Å²) in [6.45, 7) is 10.1. The molecule has 0 fully saturated rings. The van der Waals surface area contributed by atoms with E-state index in [9.17, 15) is 0 Å². The molecule has 0 aromatic carbocycles. The van der Waals surface area contributed by atoms with Gasteiger partial charge in [-0.05, 0) is 19.8 Å². The molecule has 0 aliphatic rings. The van der Waals surface area contributed by atoms with Crippen LogP contribution in [0.5, 0.6) is 0 Å². The van der Waals surface area contributed by atoms with Crippen molar-refractivity contribution in [3.63, 3.8) is 0 Å². The molecule has 4 heteroatoms. The summed E-state index contributed by atoms with van der Waals surface area (Å²) < 4.78 is 5.31. The molecule has 90 valence electrons. The Morgan fingerprint density at radius 3 is 2.33 bits per heavy atom. The zero-order valence-electron chi connectivity index (χ0n) is 10.8. The fourth-order valence-electron chi connectivity index (χ4n) is 0.890. The van der Waals surface area contributed by atoms with Crippen molar-refractivity contribution in [1.29, 1.82) is 0 Å². The summed E-state index contributed by atoms with van der Waals surface area (Å²) in [5.74, 6) is 1.44. The molecule has 0 heterocycles. The number of guanidine groups is 1. The molecular formula is C11H25N3O. The van der Waals surface area contributed by atoms with Gasteiger partial charge in [0.1, 0.15) is 0 Å². The lowest BCUT2D eigenvalue weighted by Crippen LogP contribution is -2.46. The van der Waals surface area contributed by atoms with Crippen molar-refractivity contribution < 1.29 is 4.74 Å². The summed E-state index contributed by atoms with van der Waals surface area (Å²) in [7, 11) is 3.49. The van der Waals surface area contributed by atoms with Gasteiger partial charge in [-0.3, -0.25) is 4.99 Å². The molecule has 2 N–H and O–H groups in total. The predicted molar refractivity (Wildman–Crippen MR) is 65.3 cm³/mol. The van der Waals surface area contributed by atoms with Crippen LogP contribution in [0.15, 0.2) is 4.99 Å². The standard InChI is InChI=1S/C11H25N3O/c1-9(2)7-13-10(12-5)14-8-11(3,4)15-6/h9H,7-8H2,1-6H3,(H2,12,13,14). The lowest BCUT2D eigenvalue weighted by Gasteiger charge is -2.24. The third-order valence-corrected chi connectivity index (χ3v) is 2.14. The number of ether oxygens (including phenoxy) is 1. The van der Waals surface area contributed by atoms with Gasteiger partial charge in [-0.25, -0.2) is 0 Å². The zero-order chi connectivity index (χ0) is 11.9. The van der Waals surface area contributed by atoms with E-state index in [1.807, 2.05) is 13.8 Å². The first kappa shape index (κ1) is 14.2. The second-order valence-electron chi connectivity index (χ2n) is 4.66. The summed E-state index contributed by atoms with van der Waals surface area (Å²) >= 11 is 0. The van der Waals surface area contributed by atoms with E-state index in [1.54, 1.807) is 14.2 Å². The highest BCUT2D eigenvalue weighted by Crippen LogP contribution is 2.04. The Hall–Kier alpha value is -0.770. The van der Waals surface area contributed by atoms with Gasteiger partial charge in [0.2, 0.25) is 0 Å². The van der Waals surface area contributed by atoms with E-state index in [0.29, 0.717) is 5.92 Å². The van der Waals surface area contributed by atoms with Crippen LogP contribution >= 0.6 is 0 Å². The van der Waals surface area contributed by atoms with Crippen LogP contribution in [0.3, 0.4) is 0 Å². The van der Waals surface area contributed by atoms with Crippen molar-refractivity contribution in [2.75, 3.05) is 27.2 Å². The van der Waals surface area contributed by atoms with Crippen molar-refractivity contribution in [2.24, 2.45) is 10.9 Å². The third-order valence-electron chi connectivity index (χ3n) is 2.14. The Balaban J connectivity index is 3.92. The molecule has 0 atom stereocenters. The zero-order valence-corrected chi connectivity index (χ0v) is 10.8. The minimum absolute atomic E-state index is 0.171. The largest absolute Gasteiger partial charge is 0.377 e. The summed E-state index contributed by atoms with van der Waals surface area (Å²) in [5, 5.41) is 6.48. The van der Waals surface area contributed by atoms with Crippen LogP contribution in [0.2, 0.25) is 0 Å². The summed E-state index contributed by atoms with van der Waals surface area (Å²) in [5.41, 5.74) is -0.171. The maximum Gasteiger partial charge on any atom is 0.191 e. The minimum atomic E-state index is -0.171. The lowest BCUT2D eigenvalue weighted by molar-refractivity contribution is 0.0268. The fourth-order valence-corrected chi connectivity index (χ4v) is 0.890. The normalized spacial score (nSPS) is 13.1. The first-order valence-corrected chi connectivity index (χ1v) is 5.41. The van der Waals surface area contributed by atoms with Gasteiger partial charge < -0.3 is 15.4 Å². The minimum Gasteiger partial charge on any atom is -0.377 e. The number of methoxy groups -OCH3 is 1. The van der Waals surface area contributed by atoms with Crippen molar-refractivity contribution in [1.82, 2.24) is 10.6 Å². The van der Waals surface area contributed by atoms with Crippen molar-refractivity contribution in [3.8, 4) is 0 Å². The number of rotatable bonds is 5. The van der Waals surface area contributed by atoms with Crippen LogP contribution < -0.4 is 10.6 Å². The van der Waals surface area contributed by atoms with Crippen LogP contribution in [0.1, 0.15) is 27.7 Å². The lowest BCUT2D eigenvalue weighted by atomic mass is 10.1. The maximum absolute atomic E-state index is 5.31. The maximum atomic E-state index is 5.31. The summed E-state index contributed by atoms with van der Waals surface area (Å²) in [4.78, 5) is 4.14. The van der Waals surface area contributed by atoms with Crippen LogP contribution in [-0.2, 0) is 4.74 Å². The van der Waals surface area contributed by atoms with E-state index in [-0.39, 0.29) is 5.60 Å². The SMILES string of the molecule is CN=C(NCC(C)C)NCC(C)(C)OC. The average molecular weight is 215 g/mol. The van der Waals surface area contributed by atoms with Crippen LogP contribution in [0, 0.1) is 5.92 Å². The van der Waals surface area contributed by atoms with Gasteiger partial charge in [-0.2, -0.15) is 0 Å². The second kappa shape index (κ2) is 6.67. The number of nitrogens with zero attached hydrogens (tertiary/aromatic N) is 1. The van der Waals surface area contributed by atoms with E-state index < -0.39 is 0 Å². The van der Waals surface area contributed by atoms with Gasteiger partial charge in [0, 0.05) is 27.2 Å². The number of hydrogen-bond donors (Lipinski definition) is 2. The van der Waals surface area contributed by atoms with Gasteiger partial charge in [0.25, 0.3) is 0 Å². The highest BCUT2D eigenvalue weighted by molar-refractivity contribution is 5.79. The second-order valence-corrected chi connectivity index (χ2v) is 4.66. The highest BCUT2D eigenvalue weighted by atomic mass is 16.5. The number of aliphatic imine (C=N–C) groups is 1. The molecule has 0 aliphatic carbocycles. The fraction of sp³-hybridized carbons (Fsp3) is 0.909. The first-order chi connectivity index (χ1) is 6.91. The van der Waals surface area contributed by atoms with Crippen molar-refractivity contribution in [3.05, 3.63) is 0 Å². The van der Waals surface area contributed by atoms with E-state index >= 15 is 0 Å². The Kier molecular flexibility index (Phi) is 6.32. The van der Waals surface area contributed by atoms with E-state index in [4.69, 9.17) is 4.74 Å². The molecule has 0 aromatic heterocycles. The van der Waals surface area contributed by atoms with E-state index in [0.717, 1.165) is 19.0 Å². The molecular weight excluding hydrogens is 190 g/mol. The van der Waals surface area contributed by atoms with Gasteiger partial charge in [-0.15, -0.1) is 0 Å². The molecule has 0 spiro atoms. The van der Waals surface area contributed by atoms with Crippen LogP contribution in [0.25, 0.3) is 0 Å². The molecule has 0 unspecified atom stereocenters. The number of nitrogens with one attached hydrogen (secondary N) is 2. The average Bonchev–Trinajstić information content (AvgIpc) is 2.18. The van der Waals surface area contributed by atoms with Gasteiger partial charge in [-0.1, -0.05) is 13.8 Å². The molecule has 0 aliphatic heterocycles. The highest BCUT2D eigenvalue weighted by Gasteiger charge is 2.16. The predicted octanol–water partition coefficient (Wildman–Crippen LogP) is 1.23. The van der Waals surface area contributed by atoms with Crippen LogP contribution in [0.4, 0.5) is 0 Å². The monoisotopic (exact) mass is 215 g/mol. The molecule has 15 heavy (non-hydrogen) atoms. The molecule has 0 aromatic rings. The molecule has 4 nitrogen and oxygen atoms in total. The topological polar surface area (TPSA) is 45.7 Å². The molecule has 0 amide bonds. The van der Waals surface area contributed by atoms with Gasteiger partial charge in [0.05, 0.1) is 5.60 Å². The quantitative estimate of drug-likeness (QED) is 0.535. The smallest absolute Gasteiger partial charge is 0.191 e. The molecule has 0 bridgehead atoms. The number of hydrogen-bond acceptors (Lipinski definition) is 2. The van der Waals surface area contributed by atoms with Crippen molar-refractivity contribution in [2.45, 2.75) is 33.3 Å². The van der Waals surface area contributed by atoms with Gasteiger partial charge in [0.15, 0.2) is 5.96 Å². The van der Waals surface area contributed by atoms with E-state index in [1.165, 1.54) is 0 Å². The Morgan fingerprint density at radius 1 is 1.33 bits per heavy atom. The van der Waals surface area contributed by atoms with E-state index in [2.05, 4.69) is 29.5 Å². The van der Waals surface area contributed by atoms with Crippen molar-refractivity contribution >= 4 is 5.96 Å². The molecule has 0 rings (SSSR count). The third kappa shape index (κ3) is 7.19.